The summed E-state index contributed by atoms with van der Waals surface area (Å²) >= 11 is 0. The predicted molar refractivity (Wildman–Crippen MR) is 61.1 cm³/mol. The van der Waals surface area contributed by atoms with Crippen LogP contribution in [0.1, 0.15) is 5.56 Å². The molecule has 0 radical (unpaired) electrons. The minimum absolute atomic E-state index is 0.262. The van der Waals surface area contributed by atoms with Crippen molar-refractivity contribution < 1.29 is 8.78 Å². The quantitative estimate of drug-likeness (QED) is 0.692. The predicted octanol–water partition coefficient (Wildman–Crippen LogP) is 4.03. The lowest BCUT2D eigenvalue weighted by Gasteiger charge is -2.02. The van der Waals surface area contributed by atoms with E-state index in [1.165, 1.54) is 0 Å². The molecule has 2 rings (SSSR count). The van der Waals surface area contributed by atoms with E-state index in [9.17, 15) is 8.78 Å². The number of pyridine rings is 1. The molecule has 0 aliphatic heterocycles. The normalized spacial score (nSPS) is 10.1. The van der Waals surface area contributed by atoms with Crippen molar-refractivity contribution in [3.05, 3.63) is 60.8 Å². The van der Waals surface area contributed by atoms with Gasteiger partial charge in [0.15, 0.2) is 0 Å². The average Bonchev–Trinajstić information content (AvgIpc) is 2.27. The van der Waals surface area contributed by atoms with Crippen LogP contribution in [0.15, 0.2) is 55.3 Å². The van der Waals surface area contributed by atoms with E-state index in [0.717, 1.165) is 17.0 Å². The Kier molecular flexibility index (Phi) is 2.77. The zero-order chi connectivity index (χ0) is 11.5. The Hall–Kier alpha value is -2.03. The van der Waals surface area contributed by atoms with E-state index >= 15 is 0 Å². The van der Waals surface area contributed by atoms with E-state index in [2.05, 4.69) is 11.6 Å². The lowest BCUT2D eigenvalue weighted by molar-refractivity contribution is 0.422. The van der Waals surface area contributed by atoms with E-state index in [1.807, 2.05) is 24.3 Å². The van der Waals surface area contributed by atoms with Crippen LogP contribution in [0.3, 0.4) is 0 Å². The van der Waals surface area contributed by atoms with Gasteiger partial charge in [-0.15, -0.1) is 0 Å². The zero-order valence-corrected chi connectivity index (χ0v) is 8.45. The van der Waals surface area contributed by atoms with Crippen LogP contribution in [-0.2, 0) is 0 Å². The Morgan fingerprint density at radius 1 is 1.25 bits per heavy atom. The molecule has 0 fully saturated rings. The smallest absolute Gasteiger partial charge is 0.256 e. The van der Waals surface area contributed by atoms with Crippen molar-refractivity contribution >= 4 is 16.5 Å². The molecule has 0 saturated carbocycles. The summed E-state index contributed by atoms with van der Waals surface area (Å²) in [6.45, 7) is 3.58. The van der Waals surface area contributed by atoms with Crippen LogP contribution in [0.2, 0.25) is 0 Å². The molecule has 0 saturated heterocycles. The second-order valence-corrected chi connectivity index (χ2v) is 3.38. The lowest BCUT2D eigenvalue weighted by Crippen LogP contribution is -1.84. The number of nitrogens with zero attached hydrogens (tertiary/aromatic N) is 1. The van der Waals surface area contributed by atoms with E-state index in [-0.39, 0.29) is 5.57 Å². The van der Waals surface area contributed by atoms with Gasteiger partial charge in [0.2, 0.25) is 0 Å². The lowest BCUT2D eigenvalue weighted by atomic mass is 10.1. The topological polar surface area (TPSA) is 12.9 Å². The third-order valence-corrected chi connectivity index (χ3v) is 2.24. The number of halogens is 2. The molecule has 1 aromatic carbocycles. The van der Waals surface area contributed by atoms with E-state index in [4.69, 9.17) is 0 Å². The van der Waals surface area contributed by atoms with Gasteiger partial charge >= 0.3 is 0 Å². The van der Waals surface area contributed by atoms with E-state index in [1.54, 1.807) is 12.3 Å². The highest BCUT2D eigenvalue weighted by molar-refractivity contribution is 5.83. The molecular formula is C13H9F2N. The molecule has 1 heterocycles. The average molecular weight is 217 g/mol. The molecule has 1 nitrogen and oxygen atoms in total. The second-order valence-electron chi connectivity index (χ2n) is 3.38. The second kappa shape index (κ2) is 4.23. The fourth-order valence-electron chi connectivity index (χ4n) is 1.46. The summed E-state index contributed by atoms with van der Waals surface area (Å²) in [6, 6.07) is 9.30. The van der Waals surface area contributed by atoms with Gasteiger partial charge in [0.25, 0.3) is 6.08 Å². The van der Waals surface area contributed by atoms with Gasteiger partial charge in [-0.3, -0.25) is 4.98 Å². The molecular weight excluding hydrogens is 208 g/mol. The Morgan fingerprint density at radius 2 is 2.00 bits per heavy atom. The monoisotopic (exact) mass is 217 g/mol. The van der Waals surface area contributed by atoms with Crippen molar-refractivity contribution in [1.82, 2.24) is 4.98 Å². The van der Waals surface area contributed by atoms with Gasteiger partial charge in [0, 0.05) is 23.2 Å². The summed E-state index contributed by atoms with van der Waals surface area (Å²) in [7, 11) is 0. The van der Waals surface area contributed by atoms with Crippen molar-refractivity contribution in [3.8, 4) is 0 Å². The summed E-state index contributed by atoms with van der Waals surface area (Å²) < 4.78 is 24.1. The van der Waals surface area contributed by atoms with E-state index in [0.29, 0.717) is 5.56 Å². The van der Waals surface area contributed by atoms with Crippen molar-refractivity contribution in [3.63, 3.8) is 0 Å². The number of benzene rings is 1. The summed E-state index contributed by atoms with van der Waals surface area (Å²) in [5.41, 5.74) is 1.70. The molecule has 0 N–H and O–H groups in total. The van der Waals surface area contributed by atoms with E-state index < -0.39 is 6.08 Å². The van der Waals surface area contributed by atoms with Crippen LogP contribution in [0.25, 0.3) is 16.5 Å². The fraction of sp³-hybridized carbons (Fsp3) is 0. The fourth-order valence-corrected chi connectivity index (χ4v) is 1.46. The first-order valence-corrected chi connectivity index (χ1v) is 4.73. The maximum absolute atomic E-state index is 12.1. The summed E-state index contributed by atoms with van der Waals surface area (Å²) in [6.07, 6.45) is 0.536. The SMILES string of the molecule is C=C(C=C(F)F)c1cnc2ccccc2c1. The Morgan fingerprint density at radius 3 is 2.75 bits per heavy atom. The van der Waals surface area contributed by atoms with Crippen LogP contribution in [0.4, 0.5) is 8.78 Å². The molecule has 0 spiro atoms. The van der Waals surface area contributed by atoms with Crippen LogP contribution in [0, 0.1) is 0 Å². The minimum atomic E-state index is -1.75. The molecule has 0 bridgehead atoms. The summed E-state index contributed by atoms with van der Waals surface area (Å²) in [4.78, 5) is 4.17. The standard InChI is InChI=1S/C13H9F2N/c1-9(6-13(14)15)11-7-10-4-2-3-5-12(10)16-8-11/h2-8H,1H2. The van der Waals surface area contributed by atoms with Crippen LogP contribution < -0.4 is 0 Å². The molecule has 80 valence electrons. The number of para-hydroxylation sites is 1. The number of allylic oxidation sites excluding steroid dienone is 2. The summed E-state index contributed by atoms with van der Waals surface area (Å²) in [5.74, 6) is 0. The van der Waals surface area contributed by atoms with Crippen LogP contribution >= 0.6 is 0 Å². The molecule has 0 atom stereocenters. The first-order chi connectivity index (χ1) is 7.66. The summed E-state index contributed by atoms with van der Waals surface area (Å²) in [5, 5.41) is 0.911. The van der Waals surface area contributed by atoms with Gasteiger partial charge in [-0.2, -0.15) is 8.78 Å². The third-order valence-electron chi connectivity index (χ3n) is 2.24. The Balaban J connectivity index is 2.47. The molecule has 0 aliphatic rings. The number of rotatable bonds is 2. The highest BCUT2D eigenvalue weighted by Crippen LogP contribution is 2.20. The van der Waals surface area contributed by atoms with Crippen molar-refractivity contribution in [2.24, 2.45) is 0 Å². The molecule has 3 heteroatoms. The largest absolute Gasteiger partial charge is 0.270 e. The van der Waals surface area contributed by atoms with Crippen molar-refractivity contribution in [1.29, 1.82) is 0 Å². The Bertz CT molecular complexity index is 569. The maximum atomic E-state index is 12.1. The van der Waals surface area contributed by atoms with Gasteiger partial charge in [0.05, 0.1) is 5.52 Å². The van der Waals surface area contributed by atoms with Crippen LogP contribution in [0.5, 0.6) is 0 Å². The van der Waals surface area contributed by atoms with Gasteiger partial charge in [-0.1, -0.05) is 24.8 Å². The highest BCUT2D eigenvalue weighted by Gasteiger charge is 2.01. The number of aromatic nitrogens is 1. The maximum Gasteiger partial charge on any atom is 0.270 e. The van der Waals surface area contributed by atoms with Gasteiger partial charge in [-0.05, 0) is 17.7 Å². The van der Waals surface area contributed by atoms with Crippen molar-refractivity contribution in [2.75, 3.05) is 0 Å². The van der Waals surface area contributed by atoms with Gasteiger partial charge in [0.1, 0.15) is 0 Å². The highest BCUT2D eigenvalue weighted by atomic mass is 19.3. The van der Waals surface area contributed by atoms with Gasteiger partial charge in [-0.25, -0.2) is 0 Å². The number of hydrogen-bond acceptors (Lipinski definition) is 1. The minimum Gasteiger partial charge on any atom is -0.256 e. The molecule has 1 aromatic heterocycles. The first-order valence-electron chi connectivity index (χ1n) is 4.73. The molecule has 0 amide bonds. The van der Waals surface area contributed by atoms with Crippen LogP contribution in [-0.4, -0.2) is 4.98 Å². The molecule has 16 heavy (non-hydrogen) atoms. The zero-order valence-electron chi connectivity index (χ0n) is 8.45. The molecule has 0 aliphatic carbocycles. The third kappa shape index (κ3) is 2.14. The molecule has 2 aromatic rings. The van der Waals surface area contributed by atoms with Crippen molar-refractivity contribution in [2.45, 2.75) is 0 Å². The van der Waals surface area contributed by atoms with Gasteiger partial charge < -0.3 is 0 Å². The molecule has 0 unspecified atom stereocenters. The number of fused-ring (bicyclic) bond motifs is 1. The Labute approximate surface area is 91.7 Å². The number of hydrogen-bond donors (Lipinski definition) is 0. The first kappa shape index (κ1) is 10.5.